The molecule has 3 aliphatic rings. The Balaban J connectivity index is 1.40. The monoisotopic (exact) mass is 567 g/mol. The van der Waals surface area contributed by atoms with Gasteiger partial charge in [-0.15, -0.1) is 0 Å². The van der Waals surface area contributed by atoms with Crippen LogP contribution < -0.4 is 9.77 Å². The summed E-state index contributed by atoms with van der Waals surface area (Å²) in [6.45, 7) is 1.56. The summed E-state index contributed by atoms with van der Waals surface area (Å²) in [6, 6.07) is 8.77. The summed E-state index contributed by atoms with van der Waals surface area (Å²) in [5.74, 6) is -2.61. The van der Waals surface area contributed by atoms with Gasteiger partial charge in [-0.3, -0.25) is 38.8 Å². The number of carbonyl (C=O) groups is 3. The predicted octanol–water partition coefficient (Wildman–Crippen LogP) is 1.87. The first-order chi connectivity index (χ1) is 18.8. The second kappa shape index (κ2) is 10.0. The van der Waals surface area contributed by atoms with Gasteiger partial charge in [0.1, 0.15) is 11.8 Å². The number of imide groups is 1. The quantitative estimate of drug-likeness (QED) is 0.256. The number of benzene rings is 1. The highest BCUT2D eigenvalue weighted by Crippen LogP contribution is 2.53. The molecular formula is C25H21N5O7S2. The molecule has 0 aliphatic carbocycles. The second-order valence-electron chi connectivity index (χ2n) is 9.23. The maximum Gasteiger partial charge on any atom is 0.308 e. The Morgan fingerprint density at radius 3 is 2.51 bits per heavy atom. The molecule has 12 nitrogen and oxygen atoms in total. The van der Waals surface area contributed by atoms with Crippen molar-refractivity contribution in [2.45, 2.75) is 22.7 Å². The van der Waals surface area contributed by atoms with E-state index in [0.29, 0.717) is 41.8 Å². The average molecular weight is 568 g/mol. The van der Waals surface area contributed by atoms with E-state index in [-0.39, 0.29) is 28.7 Å². The number of amides is 3. The van der Waals surface area contributed by atoms with E-state index in [1.165, 1.54) is 28.8 Å². The van der Waals surface area contributed by atoms with E-state index < -0.39 is 33.8 Å². The van der Waals surface area contributed by atoms with Crippen molar-refractivity contribution in [3.63, 3.8) is 0 Å². The van der Waals surface area contributed by atoms with Gasteiger partial charge in [0.25, 0.3) is 5.69 Å². The molecule has 3 atom stereocenters. The molecule has 2 fully saturated rings. The number of hydrogen-bond acceptors (Lipinski definition) is 10. The summed E-state index contributed by atoms with van der Waals surface area (Å²) in [7, 11) is 0. The Kier molecular flexibility index (Phi) is 6.53. The van der Waals surface area contributed by atoms with Crippen molar-refractivity contribution in [3.05, 3.63) is 79.0 Å². The van der Waals surface area contributed by atoms with Gasteiger partial charge in [-0.1, -0.05) is 29.2 Å². The molecule has 0 radical (unpaired) electrons. The van der Waals surface area contributed by atoms with Crippen molar-refractivity contribution in [3.8, 4) is 0 Å². The Bertz CT molecular complexity index is 1530. The number of nitrogens with zero attached hydrogens (tertiary/aromatic N) is 5. The number of thioether (sulfide) groups is 1. The van der Waals surface area contributed by atoms with Gasteiger partial charge < -0.3 is 9.64 Å². The van der Waals surface area contributed by atoms with Crippen LogP contribution in [0.5, 0.6) is 0 Å². The number of pyridine rings is 1. The van der Waals surface area contributed by atoms with Crippen LogP contribution in [0.15, 0.2) is 58.6 Å². The summed E-state index contributed by atoms with van der Waals surface area (Å²) in [4.78, 5) is 71.5. The highest BCUT2D eigenvalue weighted by Gasteiger charge is 2.57. The number of hydrogen-bond donors (Lipinski definition) is 0. The zero-order chi connectivity index (χ0) is 27.3. The van der Waals surface area contributed by atoms with Crippen LogP contribution in [0.4, 0.5) is 11.4 Å². The van der Waals surface area contributed by atoms with Crippen LogP contribution in [0.25, 0.3) is 0 Å². The predicted molar refractivity (Wildman–Crippen MR) is 141 cm³/mol. The van der Waals surface area contributed by atoms with Crippen LogP contribution in [0.3, 0.4) is 0 Å². The van der Waals surface area contributed by atoms with Crippen molar-refractivity contribution < 1.29 is 24.0 Å². The molecular weight excluding hydrogens is 546 g/mol. The van der Waals surface area contributed by atoms with Crippen LogP contribution >= 0.6 is 23.1 Å². The van der Waals surface area contributed by atoms with Crippen LogP contribution in [0.2, 0.25) is 0 Å². The number of nitro groups is 1. The lowest BCUT2D eigenvalue weighted by Crippen LogP contribution is -2.43. The fourth-order valence-corrected chi connectivity index (χ4v) is 7.97. The third kappa shape index (κ3) is 4.33. The number of ether oxygens (including phenoxy) is 1. The minimum absolute atomic E-state index is 0.158. The molecule has 0 N–H and O–H groups in total. The summed E-state index contributed by atoms with van der Waals surface area (Å²) < 4.78 is 6.72. The number of nitro benzene ring substituents is 1. The Morgan fingerprint density at radius 1 is 1.10 bits per heavy atom. The van der Waals surface area contributed by atoms with Crippen LogP contribution in [-0.4, -0.2) is 68.6 Å². The SMILES string of the molecule is O=C(Cn1c2c(sc1=O)C(c1cccnc1)C1C(=O)N(c3ccc([N+](=O)[O-])cc3)C(=O)C1S2)N1CCOCC1. The normalized spacial score (nSPS) is 22.5. The van der Waals surface area contributed by atoms with E-state index in [1.54, 1.807) is 29.4 Å². The maximum absolute atomic E-state index is 13.8. The number of morpholine rings is 1. The number of carbonyl (C=O) groups excluding carboxylic acids is 3. The molecule has 2 saturated heterocycles. The third-order valence-electron chi connectivity index (χ3n) is 7.07. The zero-order valence-electron chi connectivity index (χ0n) is 20.3. The molecule has 3 unspecified atom stereocenters. The van der Waals surface area contributed by atoms with E-state index in [4.69, 9.17) is 4.74 Å². The maximum atomic E-state index is 13.8. The molecule has 0 saturated carbocycles. The Hall–Kier alpha value is -3.88. The highest BCUT2D eigenvalue weighted by molar-refractivity contribution is 8.00. The summed E-state index contributed by atoms with van der Waals surface area (Å²) in [5, 5.41) is 10.7. The molecule has 3 amide bonds. The van der Waals surface area contributed by atoms with Crippen molar-refractivity contribution in [1.82, 2.24) is 14.5 Å². The van der Waals surface area contributed by atoms with Gasteiger partial charge in [-0.25, -0.2) is 4.90 Å². The van der Waals surface area contributed by atoms with E-state index >= 15 is 0 Å². The first-order valence-corrected chi connectivity index (χ1v) is 13.8. The molecule has 3 aliphatic heterocycles. The molecule has 0 spiro atoms. The molecule has 200 valence electrons. The van der Waals surface area contributed by atoms with E-state index in [9.17, 15) is 29.3 Å². The molecule has 5 heterocycles. The van der Waals surface area contributed by atoms with Crippen molar-refractivity contribution in [2.75, 3.05) is 31.2 Å². The average Bonchev–Trinajstić information content (AvgIpc) is 3.40. The molecule has 0 bridgehead atoms. The zero-order valence-corrected chi connectivity index (χ0v) is 21.9. The van der Waals surface area contributed by atoms with Gasteiger partial charge in [-0.05, 0) is 23.8 Å². The van der Waals surface area contributed by atoms with Gasteiger partial charge in [0.05, 0.1) is 34.8 Å². The van der Waals surface area contributed by atoms with E-state index in [2.05, 4.69) is 4.98 Å². The number of fused-ring (bicyclic) bond motifs is 2. The smallest absolute Gasteiger partial charge is 0.308 e. The lowest BCUT2D eigenvalue weighted by molar-refractivity contribution is -0.384. The summed E-state index contributed by atoms with van der Waals surface area (Å²) in [6.07, 6.45) is 3.21. The first-order valence-electron chi connectivity index (χ1n) is 12.1. The lowest BCUT2D eigenvalue weighted by atomic mass is 9.84. The standard InChI is InChI=1S/C25H21N5O7S2/c31-17(27-8-10-37-11-9-27)13-28-24-21(39-25(28)34)18(14-2-1-7-26-12-14)19-20(38-24)23(33)29(22(19)32)15-3-5-16(6-4-15)30(35)36/h1-7,12,18-20H,8-11,13H2. The van der Waals surface area contributed by atoms with Crippen molar-refractivity contribution in [1.29, 1.82) is 0 Å². The molecule has 1 aromatic carbocycles. The van der Waals surface area contributed by atoms with E-state index in [0.717, 1.165) is 28.0 Å². The third-order valence-corrected chi connectivity index (χ3v) is 9.67. The second-order valence-corrected chi connectivity index (χ2v) is 11.4. The first kappa shape index (κ1) is 25.4. The van der Waals surface area contributed by atoms with Gasteiger partial charge >= 0.3 is 4.87 Å². The largest absolute Gasteiger partial charge is 0.378 e. The number of anilines is 1. The Morgan fingerprint density at radius 2 is 1.85 bits per heavy atom. The lowest BCUT2D eigenvalue weighted by Gasteiger charge is -2.31. The molecule has 3 aromatic rings. The number of thiazole rings is 1. The van der Waals surface area contributed by atoms with Gasteiger partial charge in [0, 0.05) is 48.4 Å². The molecule has 39 heavy (non-hydrogen) atoms. The summed E-state index contributed by atoms with van der Waals surface area (Å²) >= 11 is 2.09. The molecule has 2 aromatic heterocycles. The minimum atomic E-state index is -0.857. The molecule has 14 heteroatoms. The van der Waals surface area contributed by atoms with Crippen LogP contribution in [0.1, 0.15) is 16.4 Å². The van der Waals surface area contributed by atoms with Gasteiger partial charge in [0.2, 0.25) is 17.7 Å². The number of aromatic nitrogens is 2. The topological polar surface area (TPSA) is 145 Å². The van der Waals surface area contributed by atoms with Crippen LogP contribution in [0, 0.1) is 16.0 Å². The summed E-state index contributed by atoms with van der Waals surface area (Å²) in [5.41, 5.74) is 0.751. The van der Waals surface area contributed by atoms with Crippen molar-refractivity contribution in [2.24, 2.45) is 5.92 Å². The fraction of sp³-hybridized carbons (Fsp3) is 0.320. The van der Waals surface area contributed by atoms with Crippen LogP contribution in [-0.2, 0) is 25.7 Å². The highest BCUT2D eigenvalue weighted by atomic mass is 32.2. The van der Waals surface area contributed by atoms with Gasteiger partial charge in [0.15, 0.2) is 0 Å². The van der Waals surface area contributed by atoms with Crippen molar-refractivity contribution >= 4 is 52.2 Å². The van der Waals surface area contributed by atoms with Gasteiger partial charge in [-0.2, -0.15) is 0 Å². The molecule has 6 rings (SSSR count). The fourth-order valence-electron chi connectivity index (χ4n) is 5.20. The minimum Gasteiger partial charge on any atom is -0.378 e. The Labute approximate surface area is 229 Å². The van der Waals surface area contributed by atoms with E-state index in [1.807, 2.05) is 0 Å². The number of rotatable bonds is 5. The number of non-ortho nitro benzene ring substituents is 1.